The van der Waals surface area contributed by atoms with E-state index in [0.717, 1.165) is 50.1 Å². The Morgan fingerprint density at radius 2 is 0.853 bits per heavy atom. The largest absolute Gasteiger partial charge is 0.495 e. The van der Waals surface area contributed by atoms with Crippen molar-refractivity contribution < 1.29 is 4.74 Å². The van der Waals surface area contributed by atoms with Gasteiger partial charge in [0.1, 0.15) is 5.75 Å². The summed E-state index contributed by atoms with van der Waals surface area (Å²) in [6.45, 7) is 0. The van der Waals surface area contributed by atoms with Gasteiger partial charge in [0.05, 0.1) is 18.1 Å². The third-order valence-corrected chi connectivity index (χ3v) is 6.88. The molecule has 0 aliphatic heterocycles. The second-order valence-electron chi connectivity index (χ2n) is 8.68. The highest BCUT2D eigenvalue weighted by atomic mass is 16.5. The molecule has 2 N–H and O–H groups in total. The van der Waals surface area contributed by atoms with Gasteiger partial charge < -0.3 is 14.7 Å². The number of H-pyrrole nitrogens is 2. The zero-order chi connectivity index (χ0) is 22.6. The lowest BCUT2D eigenvalue weighted by molar-refractivity contribution is 0.418. The fraction of sp³-hybridized carbons (Fsp3) is 0.0323. The molecule has 2 heterocycles. The average molecular weight is 439 g/mol. The van der Waals surface area contributed by atoms with Crippen molar-refractivity contribution in [1.29, 1.82) is 0 Å². The van der Waals surface area contributed by atoms with Crippen LogP contribution in [0.25, 0.3) is 65.9 Å². The molecule has 3 nitrogen and oxygen atoms in total. The van der Waals surface area contributed by atoms with Crippen molar-refractivity contribution in [1.82, 2.24) is 9.97 Å². The van der Waals surface area contributed by atoms with E-state index in [2.05, 4.69) is 113 Å². The highest BCUT2D eigenvalue weighted by molar-refractivity contribution is 6.14. The number of methoxy groups -OCH3 is 1. The second-order valence-corrected chi connectivity index (χ2v) is 8.68. The minimum absolute atomic E-state index is 0.875. The summed E-state index contributed by atoms with van der Waals surface area (Å²) in [5.41, 5.74) is 8.96. The zero-order valence-corrected chi connectivity index (χ0v) is 18.7. The lowest BCUT2D eigenvalue weighted by Crippen LogP contribution is -1.93. The molecule has 0 fully saturated rings. The number of hydrogen-bond donors (Lipinski definition) is 2. The molecule has 34 heavy (non-hydrogen) atoms. The molecule has 0 saturated carbocycles. The molecule has 5 aromatic carbocycles. The van der Waals surface area contributed by atoms with Crippen molar-refractivity contribution in [3.63, 3.8) is 0 Å². The highest BCUT2D eigenvalue weighted by Gasteiger charge is 2.18. The number of aromatic nitrogens is 2. The molecule has 162 valence electrons. The summed E-state index contributed by atoms with van der Waals surface area (Å²) in [7, 11) is 1.76. The number of hydrogen-bond acceptors (Lipinski definition) is 1. The van der Waals surface area contributed by atoms with E-state index in [-0.39, 0.29) is 0 Å². The first-order valence-electron chi connectivity index (χ1n) is 11.5. The fourth-order valence-electron chi connectivity index (χ4n) is 5.38. The summed E-state index contributed by atoms with van der Waals surface area (Å²) in [4.78, 5) is 7.28. The predicted molar refractivity (Wildman–Crippen MR) is 143 cm³/mol. The minimum Gasteiger partial charge on any atom is -0.495 e. The second kappa shape index (κ2) is 7.26. The lowest BCUT2D eigenvalue weighted by Gasteiger charge is -2.15. The number of fused-ring (bicyclic) bond motifs is 6. The third-order valence-electron chi connectivity index (χ3n) is 6.88. The molecule has 0 radical (unpaired) electrons. The predicted octanol–water partition coefficient (Wildman–Crippen LogP) is 8.30. The first kappa shape index (κ1) is 19.0. The van der Waals surface area contributed by atoms with Crippen LogP contribution in [0.5, 0.6) is 5.75 Å². The molecule has 0 amide bonds. The molecule has 7 rings (SSSR count). The van der Waals surface area contributed by atoms with Crippen molar-refractivity contribution in [2.24, 2.45) is 0 Å². The van der Waals surface area contributed by atoms with Crippen molar-refractivity contribution in [2.75, 3.05) is 7.11 Å². The zero-order valence-electron chi connectivity index (χ0n) is 18.7. The summed E-state index contributed by atoms with van der Waals surface area (Å²) < 4.78 is 6.10. The number of para-hydroxylation sites is 5. The maximum absolute atomic E-state index is 6.10. The topological polar surface area (TPSA) is 40.8 Å². The van der Waals surface area contributed by atoms with Crippen LogP contribution in [0.4, 0.5) is 0 Å². The quantitative estimate of drug-likeness (QED) is 0.286. The summed E-state index contributed by atoms with van der Waals surface area (Å²) in [5.74, 6) is 0.875. The van der Waals surface area contributed by atoms with Crippen LogP contribution in [0.2, 0.25) is 0 Å². The van der Waals surface area contributed by atoms with Crippen LogP contribution in [0.1, 0.15) is 0 Å². The number of benzene rings is 5. The van der Waals surface area contributed by atoms with Gasteiger partial charge in [0.25, 0.3) is 0 Å². The third kappa shape index (κ3) is 2.64. The van der Waals surface area contributed by atoms with Gasteiger partial charge in [-0.3, -0.25) is 0 Å². The van der Waals surface area contributed by atoms with Gasteiger partial charge in [-0.25, -0.2) is 0 Å². The maximum atomic E-state index is 6.10. The summed E-state index contributed by atoms with van der Waals surface area (Å²) >= 11 is 0. The molecule has 3 heteroatoms. The molecule has 7 aromatic rings. The van der Waals surface area contributed by atoms with E-state index < -0.39 is 0 Å². The highest BCUT2D eigenvalue weighted by Crippen LogP contribution is 2.44. The molecule has 0 aliphatic rings. The van der Waals surface area contributed by atoms with E-state index in [9.17, 15) is 0 Å². The number of ether oxygens (including phenoxy) is 1. The Morgan fingerprint density at radius 3 is 1.35 bits per heavy atom. The Kier molecular flexibility index (Phi) is 4.06. The Hall–Kier alpha value is -4.50. The van der Waals surface area contributed by atoms with Crippen molar-refractivity contribution in [2.45, 2.75) is 0 Å². The van der Waals surface area contributed by atoms with Crippen LogP contribution in [0, 0.1) is 0 Å². The molecule has 0 saturated heterocycles. The standard InChI is InChI=1S/C31H22N2O/c1-34-31-25(23-13-6-11-21-19-9-2-4-17-27(19)32-29(21)23)15-8-16-26(31)24-14-7-12-22-20-10-3-5-18-28(20)33-30(22)24/h2-18,32-33H,1H3. The molecule has 0 unspecified atom stereocenters. The van der Waals surface area contributed by atoms with Gasteiger partial charge in [-0.2, -0.15) is 0 Å². The van der Waals surface area contributed by atoms with Gasteiger partial charge in [-0.15, -0.1) is 0 Å². The number of aromatic amines is 2. The number of nitrogens with one attached hydrogen (secondary N) is 2. The van der Waals surface area contributed by atoms with E-state index in [0.29, 0.717) is 0 Å². The van der Waals surface area contributed by atoms with Gasteiger partial charge in [-0.1, -0.05) is 91.0 Å². The van der Waals surface area contributed by atoms with Crippen LogP contribution >= 0.6 is 0 Å². The first-order chi connectivity index (χ1) is 16.8. The van der Waals surface area contributed by atoms with Gasteiger partial charge in [0.2, 0.25) is 0 Å². The molecule has 0 spiro atoms. The van der Waals surface area contributed by atoms with Crippen LogP contribution in [-0.2, 0) is 0 Å². The van der Waals surface area contributed by atoms with Gasteiger partial charge in [0, 0.05) is 54.8 Å². The van der Waals surface area contributed by atoms with E-state index in [1.165, 1.54) is 21.5 Å². The average Bonchev–Trinajstić information content (AvgIpc) is 3.46. The molecule has 2 aromatic heterocycles. The van der Waals surface area contributed by atoms with E-state index in [1.54, 1.807) is 7.11 Å². The summed E-state index contributed by atoms with van der Waals surface area (Å²) in [5, 5.41) is 4.91. The first-order valence-corrected chi connectivity index (χ1v) is 11.5. The van der Waals surface area contributed by atoms with Crippen molar-refractivity contribution in [3.05, 3.63) is 103 Å². The van der Waals surface area contributed by atoms with Crippen LogP contribution < -0.4 is 4.74 Å². The van der Waals surface area contributed by atoms with Crippen LogP contribution in [-0.4, -0.2) is 17.1 Å². The SMILES string of the molecule is COc1c(-c2cccc3c2[nH]c2ccccc23)cccc1-c1cccc2c1[nH]c1ccccc12. The Bertz CT molecular complexity index is 1720. The van der Waals surface area contributed by atoms with Crippen LogP contribution in [0.3, 0.4) is 0 Å². The van der Waals surface area contributed by atoms with Gasteiger partial charge in [0.15, 0.2) is 0 Å². The molecule has 0 bridgehead atoms. The summed E-state index contributed by atoms with van der Waals surface area (Å²) in [6.07, 6.45) is 0. The molecule has 0 aliphatic carbocycles. The lowest BCUT2D eigenvalue weighted by atomic mass is 9.94. The monoisotopic (exact) mass is 438 g/mol. The van der Waals surface area contributed by atoms with Crippen molar-refractivity contribution >= 4 is 43.6 Å². The van der Waals surface area contributed by atoms with Gasteiger partial charge >= 0.3 is 0 Å². The van der Waals surface area contributed by atoms with Crippen molar-refractivity contribution in [3.8, 4) is 28.0 Å². The normalized spacial score (nSPS) is 11.7. The number of rotatable bonds is 3. The fourth-order valence-corrected chi connectivity index (χ4v) is 5.38. The minimum atomic E-state index is 0.875. The van der Waals surface area contributed by atoms with E-state index in [1.807, 2.05) is 0 Å². The smallest absolute Gasteiger partial charge is 0.134 e. The summed E-state index contributed by atoms with van der Waals surface area (Å²) in [6, 6.07) is 36.3. The molecule has 0 atom stereocenters. The molecular weight excluding hydrogens is 416 g/mol. The Labute approximate surface area is 196 Å². The van der Waals surface area contributed by atoms with E-state index in [4.69, 9.17) is 4.74 Å². The van der Waals surface area contributed by atoms with Gasteiger partial charge in [-0.05, 0) is 12.1 Å². The van der Waals surface area contributed by atoms with E-state index >= 15 is 0 Å². The maximum Gasteiger partial charge on any atom is 0.134 e. The van der Waals surface area contributed by atoms with Crippen LogP contribution in [0.15, 0.2) is 103 Å². The Balaban J connectivity index is 1.52. The Morgan fingerprint density at radius 1 is 0.441 bits per heavy atom. The molecular formula is C31H22N2O.